The molecule has 2 rings (SSSR count). The number of aromatic nitrogens is 2. The lowest BCUT2D eigenvalue weighted by molar-refractivity contribution is -0.137. The fourth-order valence-electron chi connectivity index (χ4n) is 1.94. The van der Waals surface area contributed by atoms with Gasteiger partial charge in [0, 0.05) is 25.2 Å². The van der Waals surface area contributed by atoms with E-state index in [0.29, 0.717) is 13.0 Å². The lowest BCUT2D eigenvalue weighted by Gasteiger charge is -2.08. The number of hydrogen-bond donors (Lipinski definition) is 1. The van der Waals surface area contributed by atoms with Crippen molar-refractivity contribution in [3.63, 3.8) is 0 Å². The van der Waals surface area contributed by atoms with E-state index in [1.165, 1.54) is 12.1 Å². The zero-order valence-electron chi connectivity index (χ0n) is 11.1. The van der Waals surface area contributed by atoms with Crippen molar-refractivity contribution >= 4 is 0 Å². The minimum atomic E-state index is -4.29. The zero-order valence-corrected chi connectivity index (χ0v) is 11.1. The van der Waals surface area contributed by atoms with E-state index in [0.717, 1.165) is 23.4 Å². The summed E-state index contributed by atoms with van der Waals surface area (Å²) < 4.78 is 39.2. The summed E-state index contributed by atoms with van der Waals surface area (Å²) in [7, 11) is 0. The molecule has 0 saturated carbocycles. The molecule has 2 aromatic rings. The lowest BCUT2D eigenvalue weighted by atomic mass is 10.1. The van der Waals surface area contributed by atoms with Crippen molar-refractivity contribution in [2.75, 3.05) is 0 Å². The molecule has 0 fully saturated rings. The van der Waals surface area contributed by atoms with Crippen LogP contribution in [0.1, 0.15) is 23.7 Å². The maximum atomic E-state index is 12.4. The molecular weight excluding hydrogens is 267 g/mol. The third-order valence-electron chi connectivity index (χ3n) is 2.86. The Hall–Kier alpha value is -1.82. The van der Waals surface area contributed by atoms with Crippen LogP contribution >= 0.6 is 0 Å². The van der Waals surface area contributed by atoms with E-state index in [9.17, 15) is 13.2 Å². The molecule has 1 atom stereocenters. The second kappa shape index (κ2) is 5.66. The number of halogens is 3. The average molecular weight is 283 g/mol. The molecule has 0 aliphatic rings. The molecule has 1 unspecified atom stereocenters. The molecule has 0 spiro atoms. The maximum Gasteiger partial charge on any atom is 0.416 e. The molecule has 0 aliphatic heterocycles. The predicted octanol–water partition coefficient (Wildman–Crippen LogP) is 2.84. The summed E-state index contributed by atoms with van der Waals surface area (Å²) in [5.41, 5.74) is 6.73. The van der Waals surface area contributed by atoms with Gasteiger partial charge < -0.3 is 10.3 Å². The highest BCUT2D eigenvalue weighted by atomic mass is 19.4. The molecule has 0 radical (unpaired) electrons. The van der Waals surface area contributed by atoms with Gasteiger partial charge in [0.25, 0.3) is 0 Å². The number of nitrogens with two attached hydrogens (primary N) is 1. The van der Waals surface area contributed by atoms with Crippen molar-refractivity contribution in [2.24, 2.45) is 5.73 Å². The van der Waals surface area contributed by atoms with E-state index in [-0.39, 0.29) is 6.04 Å². The van der Waals surface area contributed by atoms with Crippen molar-refractivity contribution in [3.05, 3.63) is 53.6 Å². The number of alkyl halides is 3. The van der Waals surface area contributed by atoms with E-state index in [2.05, 4.69) is 4.98 Å². The van der Waals surface area contributed by atoms with Crippen LogP contribution in [0.25, 0.3) is 0 Å². The van der Waals surface area contributed by atoms with Crippen molar-refractivity contribution in [1.29, 1.82) is 0 Å². The highest BCUT2D eigenvalue weighted by Crippen LogP contribution is 2.29. The standard InChI is InChI=1S/C14H16F3N3/c1-10(18)6-13-8-20(9-19-13)7-11-2-4-12(5-3-11)14(15,16)17/h2-5,8-10H,6-7,18H2,1H3. The molecule has 20 heavy (non-hydrogen) atoms. The van der Waals surface area contributed by atoms with Crippen molar-refractivity contribution in [3.8, 4) is 0 Å². The Morgan fingerprint density at radius 3 is 2.45 bits per heavy atom. The van der Waals surface area contributed by atoms with Gasteiger partial charge in [0.1, 0.15) is 0 Å². The minimum Gasteiger partial charge on any atom is -0.333 e. The molecule has 1 aromatic carbocycles. The molecule has 0 amide bonds. The van der Waals surface area contributed by atoms with Gasteiger partial charge in [0.15, 0.2) is 0 Å². The van der Waals surface area contributed by atoms with E-state index in [1.807, 2.05) is 17.7 Å². The van der Waals surface area contributed by atoms with Crippen LogP contribution in [0.4, 0.5) is 13.2 Å². The van der Waals surface area contributed by atoms with Crippen molar-refractivity contribution in [2.45, 2.75) is 32.1 Å². The van der Waals surface area contributed by atoms with Crippen LogP contribution in [0, 0.1) is 0 Å². The predicted molar refractivity (Wildman–Crippen MR) is 70.1 cm³/mol. The van der Waals surface area contributed by atoms with Crippen LogP contribution in [-0.4, -0.2) is 15.6 Å². The number of benzene rings is 1. The summed E-state index contributed by atoms with van der Waals surface area (Å²) >= 11 is 0. The smallest absolute Gasteiger partial charge is 0.333 e. The average Bonchev–Trinajstić information content (AvgIpc) is 2.75. The molecule has 1 heterocycles. The summed E-state index contributed by atoms with van der Waals surface area (Å²) in [4.78, 5) is 4.21. The summed E-state index contributed by atoms with van der Waals surface area (Å²) in [5.74, 6) is 0. The molecule has 6 heteroatoms. The summed E-state index contributed by atoms with van der Waals surface area (Å²) in [6.07, 6.45) is -0.0889. The van der Waals surface area contributed by atoms with Gasteiger partial charge in [-0.05, 0) is 24.6 Å². The van der Waals surface area contributed by atoms with Crippen LogP contribution in [0.15, 0.2) is 36.8 Å². The van der Waals surface area contributed by atoms with Crippen LogP contribution in [-0.2, 0) is 19.1 Å². The monoisotopic (exact) mass is 283 g/mol. The summed E-state index contributed by atoms with van der Waals surface area (Å²) in [6, 6.07) is 5.18. The first-order valence-corrected chi connectivity index (χ1v) is 6.27. The van der Waals surface area contributed by atoms with Gasteiger partial charge in [-0.15, -0.1) is 0 Å². The molecule has 3 nitrogen and oxygen atoms in total. The van der Waals surface area contributed by atoms with Crippen LogP contribution in [0.2, 0.25) is 0 Å². The van der Waals surface area contributed by atoms with E-state index in [4.69, 9.17) is 5.73 Å². The molecule has 0 saturated heterocycles. The number of rotatable bonds is 4. The van der Waals surface area contributed by atoms with E-state index < -0.39 is 11.7 Å². The van der Waals surface area contributed by atoms with Gasteiger partial charge in [-0.1, -0.05) is 12.1 Å². The van der Waals surface area contributed by atoms with Gasteiger partial charge in [0.05, 0.1) is 17.6 Å². The Bertz CT molecular complexity index is 556. The maximum absolute atomic E-state index is 12.4. The minimum absolute atomic E-state index is 0.0319. The van der Waals surface area contributed by atoms with Gasteiger partial charge in [-0.25, -0.2) is 4.98 Å². The van der Waals surface area contributed by atoms with Crippen LogP contribution in [0.3, 0.4) is 0 Å². The highest BCUT2D eigenvalue weighted by molar-refractivity contribution is 5.24. The largest absolute Gasteiger partial charge is 0.416 e. The Kier molecular flexibility index (Phi) is 4.13. The van der Waals surface area contributed by atoms with Gasteiger partial charge in [-0.3, -0.25) is 0 Å². The van der Waals surface area contributed by atoms with E-state index in [1.54, 1.807) is 6.33 Å². The Balaban J connectivity index is 2.05. The normalized spacial score (nSPS) is 13.4. The fraction of sp³-hybridized carbons (Fsp3) is 0.357. The summed E-state index contributed by atoms with van der Waals surface area (Å²) in [5, 5.41) is 0. The highest BCUT2D eigenvalue weighted by Gasteiger charge is 2.29. The first-order chi connectivity index (χ1) is 9.34. The third kappa shape index (κ3) is 3.84. The summed E-state index contributed by atoms with van der Waals surface area (Å²) in [6.45, 7) is 2.39. The molecule has 108 valence electrons. The first-order valence-electron chi connectivity index (χ1n) is 6.27. The van der Waals surface area contributed by atoms with Crippen LogP contribution < -0.4 is 5.73 Å². The molecule has 0 bridgehead atoms. The molecular formula is C14H16F3N3. The number of imidazole rings is 1. The molecule has 1 aromatic heterocycles. The fourth-order valence-corrected chi connectivity index (χ4v) is 1.94. The van der Waals surface area contributed by atoms with E-state index >= 15 is 0 Å². The van der Waals surface area contributed by atoms with Crippen molar-refractivity contribution < 1.29 is 13.2 Å². The van der Waals surface area contributed by atoms with Crippen LogP contribution in [0.5, 0.6) is 0 Å². The van der Waals surface area contributed by atoms with Gasteiger partial charge in [0.2, 0.25) is 0 Å². The third-order valence-corrected chi connectivity index (χ3v) is 2.86. The second-order valence-corrected chi connectivity index (χ2v) is 4.91. The number of hydrogen-bond acceptors (Lipinski definition) is 2. The lowest BCUT2D eigenvalue weighted by Crippen LogP contribution is -2.17. The Labute approximate surface area is 115 Å². The van der Waals surface area contributed by atoms with Gasteiger partial charge >= 0.3 is 6.18 Å². The number of nitrogens with zero attached hydrogens (tertiary/aromatic N) is 2. The Morgan fingerprint density at radius 1 is 1.25 bits per heavy atom. The second-order valence-electron chi connectivity index (χ2n) is 4.91. The first kappa shape index (κ1) is 14.6. The quantitative estimate of drug-likeness (QED) is 0.937. The zero-order chi connectivity index (χ0) is 14.8. The van der Waals surface area contributed by atoms with Crippen molar-refractivity contribution in [1.82, 2.24) is 9.55 Å². The Morgan fingerprint density at radius 2 is 1.90 bits per heavy atom. The molecule has 0 aliphatic carbocycles. The van der Waals surface area contributed by atoms with Gasteiger partial charge in [-0.2, -0.15) is 13.2 Å². The SMILES string of the molecule is CC(N)Cc1cn(Cc2ccc(C(F)(F)F)cc2)cn1. The topological polar surface area (TPSA) is 43.8 Å². The molecule has 2 N–H and O–H groups in total.